The fraction of sp³-hybridized carbons (Fsp3) is 0.891. The SMILES string of the molecule is CCCCCCCCCCCCCCCCCC(=O)OC[C@H](COP(=O)([O-])OCC[N+](C)(C)C)OC(=O)CCCCC(=O)C[C@@H]1[C@@H](/C=C/[C@@H](O)CCCCC)[C@H](O)C[C@@H]1O. The van der Waals surface area contributed by atoms with E-state index < -0.39 is 62.6 Å². The average Bonchev–Trinajstić information content (AvgIpc) is 3.44. The van der Waals surface area contributed by atoms with Gasteiger partial charge in [-0.25, -0.2) is 0 Å². The van der Waals surface area contributed by atoms with Crippen LogP contribution >= 0.6 is 7.82 Å². The second kappa shape index (κ2) is 33.8. The molecule has 0 spiro atoms. The van der Waals surface area contributed by atoms with Crippen LogP contribution in [0.3, 0.4) is 0 Å². The van der Waals surface area contributed by atoms with Crippen LogP contribution in [0.25, 0.3) is 0 Å². The number of esters is 2. The van der Waals surface area contributed by atoms with Crippen molar-refractivity contribution >= 4 is 25.5 Å². The Morgan fingerprint density at radius 3 is 1.82 bits per heavy atom. The summed E-state index contributed by atoms with van der Waals surface area (Å²) in [6.45, 7) is 3.70. The number of hydrogen-bond donors (Lipinski definition) is 3. The highest BCUT2D eigenvalue weighted by Crippen LogP contribution is 2.39. The third-order valence-corrected chi connectivity index (χ3v) is 12.2. The summed E-state index contributed by atoms with van der Waals surface area (Å²) in [6.07, 6.45) is 22.9. The summed E-state index contributed by atoms with van der Waals surface area (Å²) >= 11 is 0. The third kappa shape index (κ3) is 30.4. The highest BCUT2D eigenvalue weighted by atomic mass is 31.2. The number of ether oxygens (including phenoxy) is 2. The fourth-order valence-corrected chi connectivity index (χ4v) is 8.20. The van der Waals surface area contributed by atoms with E-state index in [0.29, 0.717) is 36.7 Å². The van der Waals surface area contributed by atoms with Crippen molar-refractivity contribution < 1.29 is 62.2 Å². The summed E-state index contributed by atoms with van der Waals surface area (Å²) in [5.74, 6) is -2.13. The van der Waals surface area contributed by atoms with Gasteiger partial charge in [-0.1, -0.05) is 135 Å². The molecule has 0 aliphatic heterocycles. The van der Waals surface area contributed by atoms with Gasteiger partial charge in [0.1, 0.15) is 25.5 Å². The number of hydrogen-bond acceptors (Lipinski definition) is 12. The summed E-state index contributed by atoms with van der Waals surface area (Å²) in [5, 5.41) is 31.4. The Hall–Kier alpha value is -1.70. The minimum Gasteiger partial charge on any atom is -0.756 e. The van der Waals surface area contributed by atoms with Gasteiger partial charge in [0.2, 0.25) is 0 Å². The van der Waals surface area contributed by atoms with Gasteiger partial charge in [0.15, 0.2) is 6.10 Å². The molecule has 0 aromatic carbocycles. The van der Waals surface area contributed by atoms with Gasteiger partial charge in [0, 0.05) is 43.9 Å². The predicted octanol–water partition coefficient (Wildman–Crippen LogP) is 8.29. The number of aliphatic hydroxyl groups is 3. The highest BCUT2D eigenvalue weighted by Gasteiger charge is 2.41. The van der Waals surface area contributed by atoms with Crippen LogP contribution in [-0.2, 0) is 37.5 Å². The molecule has 1 rings (SSSR count). The Morgan fingerprint density at radius 1 is 0.717 bits per heavy atom. The molecule has 1 unspecified atom stereocenters. The lowest BCUT2D eigenvalue weighted by Gasteiger charge is -2.28. The number of unbranched alkanes of at least 4 members (excludes halogenated alkanes) is 17. The molecular formula is C46H86NO12P. The molecule has 0 bridgehead atoms. The normalized spacial score (nSPS) is 20.3. The lowest BCUT2D eigenvalue weighted by molar-refractivity contribution is -0.870. The summed E-state index contributed by atoms with van der Waals surface area (Å²) in [6, 6.07) is 0. The molecule has 7 atom stereocenters. The molecule has 1 fully saturated rings. The third-order valence-electron chi connectivity index (χ3n) is 11.3. The lowest BCUT2D eigenvalue weighted by Crippen LogP contribution is -2.37. The van der Waals surface area contributed by atoms with Gasteiger partial charge in [0.25, 0.3) is 7.82 Å². The summed E-state index contributed by atoms with van der Waals surface area (Å²) in [7, 11) is 0.945. The van der Waals surface area contributed by atoms with Gasteiger partial charge in [-0.05, 0) is 25.7 Å². The maximum atomic E-state index is 12.9. The number of phosphoric acid groups is 1. The van der Waals surface area contributed by atoms with Gasteiger partial charge < -0.3 is 43.2 Å². The number of Topliss-reactive ketones (excluding diaryl/α,β-unsaturated/α-hetero) is 1. The molecule has 13 nitrogen and oxygen atoms in total. The van der Waals surface area contributed by atoms with Gasteiger partial charge in [-0.15, -0.1) is 0 Å². The molecule has 0 aromatic rings. The first-order valence-electron chi connectivity index (χ1n) is 23.6. The van der Waals surface area contributed by atoms with Crippen LogP contribution in [0.2, 0.25) is 0 Å². The number of quaternary nitrogens is 1. The minimum absolute atomic E-state index is 0.0576. The van der Waals surface area contributed by atoms with Crippen LogP contribution in [-0.4, -0.2) is 109 Å². The highest BCUT2D eigenvalue weighted by molar-refractivity contribution is 7.45. The predicted molar refractivity (Wildman–Crippen MR) is 234 cm³/mol. The lowest BCUT2D eigenvalue weighted by atomic mass is 9.87. The molecule has 0 radical (unpaired) electrons. The van der Waals surface area contributed by atoms with Crippen molar-refractivity contribution in [2.75, 3.05) is 47.5 Å². The van der Waals surface area contributed by atoms with E-state index in [1.165, 1.54) is 70.6 Å². The first-order valence-corrected chi connectivity index (χ1v) is 25.0. The van der Waals surface area contributed by atoms with Crippen molar-refractivity contribution in [2.45, 2.75) is 205 Å². The largest absolute Gasteiger partial charge is 0.756 e. The number of nitrogens with zero attached hydrogens (tertiary/aromatic N) is 1. The number of carbonyl (C=O) groups excluding carboxylic acids is 3. The summed E-state index contributed by atoms with van der Waals surface area (Å²) in [4.78, 5) is 50.7. The van der Waals surface area contributed by atoms with Crippen molar-refractivity contribution in [1.82, 2.24) is 0 Å². The zero-order valence-electron chi connectivity index (χ0n) is 38.2. The van der Waals surface area contributed by atoms with E-state index in [-0.39, 0.29) is 51.1 Å². The van der Waals surface area contributed by atoms with Crippen molar-refractivity contribution in [3.8, 4) is 0 Å². The molecule has 3 N–H and O–H groups in total. The molecule has 0 aromatic heterocycles. The molecule has 0 saturated heterocycles. The second-order valence-electron chi connectivity index (χ2n) is 18.1. The van der Waals surface area contributed by atoms with Crippen LogP contribution in [0.5, 0.6) is 0 Å². The van der Waals surface area contributed by atoms with Gasteiger partial charge in [-0.3, -0.25) is 18.9 Å². The second-order valence-corrected chi connectivity index (χ2v) is 19.5. The summed E-state index contributed by atoms with van der Waals surface area (Å²) < 4.78 is 33.8. The number of aliphatic hydroxyl groups excluding tert-OH is 3. The van der Waals surface area contributed by atoms with Crippen LogP contribution in [0.15, 0.2) is 12.2 Å². The Bertz CT molecular complexity index is 1210. The fourth-order valence-electron chi connectivity index (χ4n) is 7.47. The van der Waals surface area contributed by atoms with E-state index in [4.69, 9.17) is 18.5 Å². The van der Waals surface area contributed by atoms with Crippen molar-refractivity contribution in [3.05, 3.63) is 12.2 Å². The van der Waals surface area contributed by atoms with E-state index >= 15 is 0 Å². The number of carbonyl (C=O) groups is 3. The molecule has 352 valence electrons. The Kier molecular flexibility index (Phi) is 31.7. The van der Waals surface area contributed by atoms with Crippen LogP contribution in [0.1, 0.15) is 181 Å². The first kappa shape index (κ1) is 56.3. The van der Waals surface area contributed by atoms with E-state index in [1.54, 1.807) is 12.2 Å². The van der Waals surface area contributed by atoms with Crippen LogP contribution in [0.4, 0.5) is 0 Å². The van der Waals surface area contributed by atoms with Crippen LogP contribution < -0.4 is 4.89 Å². The molecule has 1 aliphatic rings. The zero-order chi connectivity index (χ0) is 44.7. The quantitative estimate of drug-likeness (QED) is 0.0177. The summed E-state index contributed by atoms with van der Waals surface area (Å²) in [5.41, 5.74) is 0. The Labute approximate surface area is 363 Å². The van der Waals surface area contributed by atoms with E-state index in [2.05, 4.69) is 13.8 Å². The maximum absolute atomic E-state index is 12.9. The van der Waals surface area contributed by atoms with E-state index in [9.17, 15) is 39.2 Å². The number of phosphoric ester groups is 1. The van der Waals surface area contributed by atoms with Crippen molar-refractivity contribution in [2.24, 2.45) is 11.8 Å². The van der Waals surface area contributed by atoms with Gasteiger partial charge in [-0.2, -0.15) is 0 Å². The monoisotopic (exact) mass is 876 g/mol. The minimum atomic E-state index is -4.73. The maximum Gasteiger partial charge on any atom is 0.306 e. The Balaban J connectivity index is 2.50. The number of rotatable bonds is 39. The van der Waals surface area contributed by atoms with Crippen molar-refractivity contribution in [3.63, 3.8) is 0 Å². The van der Waals surface area contributed by atoms with Crippen LogP contribution in [0, 0.1) is 11.8 Å². The Morgan fingerprint density at radius 2 is 1.23 bits per heavy atom. The molecule has 1 saturated carbocycles. The zero-order valence-corrected chi connectivity index (χ0v) is 39.1. The number of ketones is 1. The smallest absolute Gasteiger partial charge is 0.306 e. The standard InChI is InChI=1S/C46H86NO12P/c1-6-8-10-11-12-13-14-15-16-17-18-19-20-21-23-28-45(52)56-36-40(37-58-60(54,55)57-33-32-47(3,4)5)59-46(53)29-25-24-27-39(49)34-42-41(43(50)35-44(42)51)31-30-38(48)26-22-9-7-2/h30-31,38,40-44,48,50-51H,6-29,32-37H2,1-5H3/b31-30+/t38-,40+,41+,42+,43+,44-/m0/s1. The van der Waals surface area contributed by atoms with E-state index in [1.807, 2.05) is 21.1 Å². The topological polar surface area (TPSA) is 189 Å². The molecule has 0 heterocycles. The van der Waals surface area contributed by atoms with Crippen molar-refractivity contribution in [1.29, 1.82) is 0 Å². The van der Waals surface area contributed by atoms with E-state index in [0.717, 1.165) is 38.5 Å². The molecule has 14 heteroatoms. The molecule has 1 aliphatic carbocycles. The molecule has 60 heavy (non-hydrogen) atoms. The van der Waals surface area contributed by atoms with Gasteiger partial charge in [0.05, 0.1) is 46.1 Å². The first-order chi connectivity index (χ1) is 28.6. The molecule has 0 amide bonds. The molecular weight excluding hydrogens is 789 g/mol. The van der Waals surface area contributed by atoms with Gasteiger partial charge >= 0.3 is 11.9 Å². The average molecular weight is 876 g/mol. The number of likely N-dealkylation sites (N-methyl/N-ethyl adjacent to an activating group) is 1.